The van der Waals surface area contributed by atoms with Crippen LogP contribution in [0.4, 0.5) is 0 Å². The summed E-state index contributed by atoms with van der Waals surface area (Å²) in [5, 5.41) is 7.93. The minimum atomic E-state index is -0.146. The van der Waals surface area contributed by atoms with Crippen LogP contribution in [-0.2, 0) is 5.41 Å². The second-order valence-corrected chi connectivity index (χ2v) is 18.4. The van der Waals surface area contributed by atoms with Crippen LogP contribution in [0, 0.1) is 0 Å². The van der Waals surface area contributed by atoms with Gasteiger partial charge in [0.25, 0.3) is 0 Å². The van der Waals surface area contributed by atoms with Crippen LogP contribution in [0.3, 0.4) is 0 Å². The van der Waals surface area contributed by atoms with Crippen LogP contribution in [0.1, 0.15) is 25.0 Å². The Balaban J connectivity index is 0.746. The molecule has 0 aliphatic heterocycles. The smallest absolute Gasteiger partial charge is 0.164 e. The van der Waals surface area contributed by atoms with Crippen molar-refractivity contribution in [1.29, 1.82) is 0 Å². The van der Waals surface area contributed by atoms with Crippen molar-refractivity contribution < 1.29 is 0 Å². The number of aromatic nitrogens is 3. The Morgan fingerprint density at radius 2 is 0.627 bits per heavy atom. The fraction of sp³-hybridized carbons (Fsp3) is 0.0469. The third kappa shape index (κ3) is 6.54. The summed E-state index contributed by atoms with van der Waals surface area (Å²) in [5.74, 6) is 1.97. The van der Waals surface area contributed by atoms with E-state index in [-0.39, 0.29) is 5.41 Å². The van der Waals surface area contributed by atoms with Gasteiger partial charge in [0.15, 0.2) is 17.5 Å². The van der Waals surface area contributed by atoms with Crippen LogP contribution in [0.15, 0.2) is 224 Å². The summed E-state index contributed by atoms with van der Waals surface area (Å²) >= 11 is 0. The zero-order chi connectivity index (χ0) is 44.6. The molecule has 67 heavy (non-hydrogen) atoms. The highest BCUT2D eigenvalue weighted by Crippen LogP contribution is 2.51. The molecule has 0 bridgehead atoms. The Morgan fingerprint density at radius 1 is 0.269 bits per heavy atom. The van der Waals surface area contributed by atoms with Gasteiger partial charge in [0, 0.05) is 22.1 Å². The molecule has 1 aromatic heterocycles. The fourth-order valence-corrected chi connectivity index (χ4v) is 10.5. The highest BCUT2D eigenvalue weighted by molar-refractivity contribution is 6.25. The second kappa shape index (κ2) is 15.3. The predicted octanol–water partition coefficient (Wildman–Crippen LogP) is 16.7. The van der Waals surface area contributed by atoms with Gasteiger partial charge >= 0.3 is 0 Å². The third-order valence-corrected chi connectivity index (χ3v) is 14.1. The summed E-state index contributed by atoms with van der Waals surface area (Å²) in [4.78, 5) is 14.7. The van der Waals surface area contributed by atoms with Crippen LogP contribution in [0.2, 0.25) is 0 Å². The van der Waals surface area contributed by atoms with Crippen molar-refractivity contribution in [2.45, 2.75) is 19.3 Å². The Labute approximate surface area is 390 Å². The minimum Gasteiger partial charge on any atom is -0.208 e. The van der Waals surface area contributed by atoms with E-state index in [0.29, 0.717) is 17.5 Å². The molecular formula is C64H43N3. The first kappa shape index (κ1) is 38.9. The molecule has 314 valence electrons. The van der Waals surface area contributed by atoms with Crippen LogP contribution in [0.5, 0.6) is 0 Å². The average Bonchev–Trinajstić information content (AvgIpc) is 3.62. The summed E-state index contributed by atoms with van der Waals surface area (Å²) in [5.41, 5.74) is 17.8. The molecule has 1 aliphatic rings. The van der Waals surface area contributed by atoms with Crippen LogP contribution in [-0.4, -0.2) is 15.0 Å². The number of nitrogens with zero attached hydrogens (tertiary/aromatic N) is 3. The maximum absolute atomic E-state index is 4.91. The van der Waals surface area contributed by atoms with Gasteiger partial charge in [-0.3, -0.25) is 0 Å². The van der Waals surface area contributed by atoms with E-state index < -0.39 is 0 Å². The maximum Gasteiger partial charge on any atom is 0.164 e. The zero-order valence-electron chi connectivity index (χ0n) is 37.2. The van der Waals surface area contributed by atoms with E-state index in [2.05, 4.69) is 178 Å². The second-order valence-electron chi connectivity index (χ2n) is 18.4. The molecule has 0 saturated heterocycles. The largest absolute Gasteiger partial charge is 0.208 e. The number of benzene rings is 11. The molecule has 11 aromatic carbocycles. The van der Waals surface area contributed by atoms with Crippen molar-refractivity contribution in [3.05, 3.63) is 236 Å². The summed E-state index contributed by atoms with van der Waals surface area (Å²) in [6.45, 7) is 4.77. The fourth-order valence-electron chi connectivity index (χ4n) is 10.5. The van der Waals surface area contributed by atoms with E-state index in [4.69, 9.17) is 15.0 Å². The van der Waals surface area contributed by atoms with Gasteiger partial charge in [-0.2, -0.15) is 0 Å². The van der Waals surface area contributed by atoms with Gasteiger partial charge in [-0.15, -0.1) is 0 Å². The molecule has 13 rings (SSSR count). The van der Waals surface area contributed by atoms with Gasteiger partial charge in [0.1, 0.15) is 0 Å². The molecule has 0 N–H and O–H groups in total. The van der Waals surface area contributed by atoms with Crippen molar-refractivity contribution in [2.24, 2.45) is 0 Å². The minimum absolute atomic E-state index is 0.146. The van der Waals surface area contributed by atoms with Crippen LogP contribution >= 0.6 is 0 Å². The predicted molar refractivity (Wildman–Crippen MR) is 279 cm³/mol. The summed E-state index contributed by atoms with van der Waals surface area (Å²) in [6, 6.07) is 81.1. The van der Waals surface area contributed by atoms with E-state index >= 15 is 0 Å². The summed E-state index contributed by atoms with van der Waals surface area (Å²) < 4.78 is 0. The maximum atomic E-state index is 4.91. The first-order valence-corrected chi connectivity index (χ1v) is 23.1. The Kier molecular flexibility index (Phi) is 8.88. The molecule has 0 radical (unpaired) electrons. The lowest BCUT2D eigenvalue weighted by atomic mass is 9.80. The van der Waals surface area contributed by atoms with Gasteiger partial charge in [-0.1, -0.05) is 226 Å². The average molecular weight is 854 g/mol. The van der Waals surface area contributed by atoms with Gasteiger partial charge in [-0.25, -0.2) is 15.0 Å². The molecule has 1 heterocycles. The SMILES string of the molecule is CC1(C)c2cc(-c3ccc(-c4ccc(-c5ccc(-c6nc(-c7ccccc7)nc(-c7ccccc7)n6)cc5)cc4)cc3)ccc2-c2ccc(-c3ccc4ccc5cccc6ccc3c4c56)cc21. The van der Waals surface area contributed by atoms with Crippen molar-refractivity contribution in [2.75, 3.05) is 0 Å². The van der Waals surface area contributed by atoms with Crippen LogP contribution in [0.25, 0.3) is 122 Å². The molecule has 0 atom stereocenters. The van der Waals surface area contributed by atoms with E-state index in [9.17, 15) is 0 Å². The molecule has 0 fully saturated rings. The standard InChI is InChI=1S/C64H43N3/c1-64(2)57-38-51(32-35-54(57)55-36-33-52(39-58(55)64)53-34-30-47-27-26-45-14-9-15-46-31-37-56(53)60(47)59(45)46)44-22-20-42(21-23-44)40-16-18-41(19-17-40)43-24-28-50(29-25-43)63-66-61(48-10-5-3-6-11-48)65-62(67-63)49-12-7-4-8-13-49/h3-39H,1-2H3. The van der Waals surface area contributed by atoms with E-state index in [1.807, 2.05) is 60.7 Å². The lowest BCUT2D eigenvalue weighted by Crippen LogP contribution is -2.15. The van der Waals surface area contributed by atoms with Crippen LogP contribution < -0.4 is 0 Å². The Hall–Kier alpha value is -8.53. The van der Waals surface area contributed by atoms with E-state index in [1.165, 1.54) is 88.0 Å². The topological polar surface area (TPSA) is 38.7 Å². The first-order valence-electron chi connectivity index (χ1n) is 23.1. The summed E-state index contributed by atoms with van der Waals surface area (Å²) in [7, 11) is 0. The molecule has 0 saturated carbocycles. The normalized spacial score (nSPS) is 12.7. The zero-order valence-corrected chi connectivity index (χ0v) is 37.2. The van der Waals surface area contributed by atoms with Crippen molar-refractivity contribution >= 4 is 32.3 Å². The van der Waals surface area contributed by atoms with Crippen molar-refractivity contribution in [3.8, 4) is 89.8 Å². The van der Waals surface area contributed by atoms with Crippen molar-refractivity contribution in [3.63, 3.8) is 0 Å². The quantitative estimate of drug-likeness (QED) is 0.150. The van der Waals surface area contributed by atoms with Gasteiger partial charge in [0.2, 0.25) is 0 Å². The number of hydrogen-bond acceptors (Lipinski definition) is 3. The molecule has 1 aliphatic carbocycles. The first-order chi connectivity index (χ1) is 32.9. The Morgan fingerprint density at radius 3 is 1.13 bits per heavy atom. The number of fused-ring (bicyclic) bond motifs is 3. The molecule has 0 amide bonds. The van der Waals surface area contributed by atoms with Gasteiger partial charge in [-0.05, 0) is 111 Å². The highest BCUT2D eigenvalue weighted by atomic mass is 15.0. The third-order valence-electron chi connectivity index (χ3n) is 14.1. The molecule has 0 spiro atoms. The van der Waals surface area contributed by atoms with Gasteiger partial charge < -0.3 is 0 Å². The van der Waals surface area contributed by atoms with E-state index in [1.54, 1.807) is 0 Å². The monoisotopic (exact) mass is 853 g/mol. The van der Waals surface area contributed by atoms with E-state index in [0.717, 1.165) is 27.8 Å². The van der Waals surface area contributed by atoms with Gasteiger partial charge in [0.05, 0.1) is 0 Å². The molecule has 12 aromatic rings. The highest BCUT2D eigenvalue weighted by Gasteiger charge is 2.36. The molecule has 0 unspecified atom stereocenters. The number of rotatable bonds is 7. The lowest BCUT2D eigenvalue weighted by Gasteiger charge is -2.23. The molecular weight excluding hydrogens is 811 g/mol. The molecule has 3 nitrogen and oxygen atoms in total. The number of hydrogen-bond donors (Lipinski definition) is 0. The Bertz CT molecular complexity index is 3760. The van der Waals surface area contributed by atoms with Crippen molar-refractivity contribution in [1.82, 2.24) is 15.0 Å². The summed E-state index contributed by atoms with van der Waals surface area (Å²) in [6.07, 6.45) is 0. The lowest BCUT2D eigenvalue weighted by molar-refractivity contribution is 0.661. The molecule has 3 heteroatoms.